The fraction of sp³-hybridized carbons (Fsp3) is 1.00. The predicted octanol–water partition coefficient (Wildman–Crippen LogP) is -0.142. The molecule has 2 saturated heterocycles. The minimum atomic E-state index is 0.586. The predicted molar refractivity (Wildman–Crippen MR) is 65.7 cm³/mol. The monoisotopic (exact) mass is 227 g/mol. The molecule has 2 rings (SSSR count). The fourth-order valence-corrected chi connectivity index (χ4v) is 2.77. The highest BCUT2D eigenvalue weighted by Crippen LogP contribution is 2.16. The van der Waals surface area contributed by atoms with Crippen molar-refractivity contribution in [2.24, 2.45) is 5.92 Å². The van der Waals surface area contributed by atoms with Crippen LogP contribution in [-0.2, 0) is 4.74 Å². The van der Waals surface area contributed by atoms with Crippen LogP contribution in [0.25, 0.3) is 0 Å². The third-order valence-electron chi connectivity index (χ3n) is 3.79. The largest absolute Gasteiger partial charge is 0.383 e. The van der Waals surface area contributed by atoms with Crippen molar-refractivity contribution in [1.82, 2.24) is 15.1 Å². The number of nitrogens with zero attached hydrogens (tertiary/aromatic N) is 2. The lowest BCUT2D eigenvalue weighted by molar-refractivity contribution is 0.136. The number of methoxy groups -OCH3 is 1. The van der Waals surface area contributed by atoms with E-state index in [1.807, 2.05) is 0 Å². The van der Waals surface area contributed by atoms with E-state index in [0.717, 1.165) is 12.5 Å². The van der Waals surface area contributed by atoms with Crippen LogP contribution >= 0.6 is 0 Å². The molecule has 2 atom stereocenters. The van der Waals surface area contributed by atoms with Gasteiger partial charge in [-0.05, 0) is 25.9 Å². The van der Waals surface area contributed by atoms with Gasteiger partial charge in [0.05, 0.1) is 6.61 Å². The van der Waals surface area contributed by atoms with Crippen LogP contribution in [0.15, 0.2) is 0 Å². The van der Waals surface area contributed by atoms with E-state index in [9.17, 15) is 0 Å². The molecule has 0 bridgehead atoms. The lowest BCUT2D eigenvalue weighted by atomic mass is 10.0. The molecule has 0 amide bonds. The maximum Gasteiger partial charge on any atom is 0.0615 e. The summed E-state index contributed by atoms with van der Waals surface area (Å²) in [5.41, 5.74) is 0. The van der Waals surface area contributed by atoms with Gasteiger partial charge in [0.15, 0.2) is 0 Å². The number of nitrogens with one attached hydrogen (secondary N) is 1. The molecule has 2 fully saturated rings. The van der Waals surface area contributed by atoms with Crippen molar-refractivity contribution >= 4 is 0 Å². The first-order chi connectivity index (χ1) is 7.78. The Bertz CT molecular complexity index is 204. The molecule has 0 aliphatic carbocycles. The zero-order valence-electron chi connectivity index (χ0n) is 10.6. The molecule has 16 heavy (non-hydrogen) atoms. The van der Waals surface area contributed by atoms with Crippen LogP contribution in [-0.4, -0.2) is 75.9 Å². The number of hydrogen-bond acceptors (Lipinski definition) is 4. The van der Waals surface area contributed by atoms with Gasteiger partial charge in [-0.2, -0.15) is 0 Å². The first-order valence-electron chi connectivity index (χ1n) is 6.41. The summed E-state index contributed by atoms with van der Waals surface area (Å²) < 4.78 is 5.20. The molecule has 0 spiro atoms. The van der Waals surface area contributed by atoms with E-state index in [2.05, 4.69) is 22.2 Å². The summed E-state index contributed by atoms with van der Waals surface area (Å²) in [6.45, 7) is 8.22. The summed E-state index contributed by atoms with van der Waals surface area (Å²) in [5, 5.41) is 3.54. The zero-order valence-corrected chi connectivity index (χ0v) is 10.6. The Morgan fingerprint density at radius 2 is 2.00 bits per heavy atom. The molecule has 4 nitrogen and oxygen atoms in total. The summed E-state index contributed by atoms with van der Waals surface area (Å²) in [5.74, 6) is 0.823. The summed E-state index contributed by atoms with van der Waals surface area (Å²) in [7, 11) is 4.00. The summed E-state index contributed by atoms with van der Waals surface area (Å²) in [6, 6.07) is 0.586. The number of piperazine rings is 1. The molecule has 0 aromatic heterocycles. The Hall–Kier alpha value is -0.160. The highest BCUT2D eigenvalue weighted by atomic mass is 16.5. The van der Waals surface area contributed by atoms with Crippen LogP contribution < -0.4 is 5.32 Å². The van der Waals surface area contributed by atoms with Crippen molar-refractivity contribution in [3.05, 3.63) is 0 Å². The second-order valence-corrected chi connectivity index (χ2v) is 5.27. The van der Waals surface area contributed by atoms with E-state index < -0.39 is 0 Å². The van der Waals surface area contributed by atoms with Gasteiger partial charge in [-0.25, -0.2) is 0 Å². The molecule has 0 aromatic carbocycles. The topological polar surface area (TPSA) is 27.7 Å². The molecule has 94 valence electrons. The number of hydrogen-bond donors (Lipinski definition) is 1. The third-order valence-corrected chi connectivity index (χ3v) is 3.79. The van der Waals surface area contributed by atoms with Gasteiger partial charge >= 0.3 is 0 Å². The molecule has 2 unspecified atom stereocenters. The second kappa shape index (κ2) is 5.96. The average Bonchev–Trinajstić information content (AvgIpc) is 2.70. The summed E-state index contributed by atoms with van der Waals surface area (Å²) in [4.78, 5) is 5.03. The van der Waals surface area contributed by atoms with Crippen LogP contribution in [0.5, 0.6) is 0 Å². The first-order valence-corrected chi connectivity index (χ1v) is 6.41. The Morgan fingerprint density at radius 3 is 2.69 bits per heavy atom. The molecule has 0 radical (unpaired) electrons. The second-order valence-electron chi connectivity index (χ2n) is 5.27. The van der Waals surface area contributed by atoms with E-state index >= 15 is 0 Å². The molecular weight excluding hydrogens is 202 g/mol. The molecule has 1 N–H and O–H groups in total. The quantitative estimate of drug-likeness (QED) is 0.723. The molecule has 0 saturated carbocycles. The Balaban J connectivity index is 1.67. The lowest BCUT2D eigenvalue weighted by Gasteiger charge is -2.33. The summed E-state index contributed by atoms with van der Waals surface area (Å²) >= 11 is 0. The maximum absolute atomic E-state index is 5.20. The van der Waals surface area contributed by atoms with Gasteiger partial charge in [-0.1, -0.05) is 0 Å². The van der Waals surface area contributed by atoms with Crippen molar-refractivity contribution in [2.75, 3.05) is 60.0 Å². The van der Waals surface area contributed by atoms with Gasteiger partial charge in [-0.15, -0.1) is 0 Å². The smallest absolute Gasteiger partial charge is 0.0615 e. The highest BCUT2D eigenvalue weighted by molar-refractivity contribution is 4.84. The molecule has 2 aliphatic rings. The SMILES string of the molecule is COCC1CC(CN2CCN(C)CC2)CN1. The number of ether oxygens (including phenoxy) is 1. The van der Waals surface area contributed by atoms with Gasteiger partial charge in [0.25, 0.3) is 0 Å². The number of rotatable bonds is 4. The van der Waals surface area contributed by atoms with Crippen LogP contribution in [0.1, 0.15) is 6.42 Å². The zero-order chi connectivity index (χ0) is 11.4. The van der Waals surface area contributed by atoms with Crippen LogP contribution in [0.2, 0.25) is 0 Å². The Morgan fingerprint density at radius 1 is 1.25 bits per heavy atom. The molecular formula is C12H25N3O. The minimum Gasteiger partial charge on any atom is -0.383 e. The van der Waals surface area contributed by atoms with Gasteiger partial charge in [0, 0.05) is 45.9 Å². The normalized spacial score (nSPS) is 33.4. The Labute approximate surface area is 98.9 Å². The average molecular weight is 227 g/mol. The van der Waals surface area contributed by atoms with Crippen molar-refractivity contribution in [3.8, 4) is 0 Å². The fourth-order valence-electron chi connectivity index (χ4n) is 2.77. The van der Waals surface area contributed by atoms with Crippen molar-refractivity contribution in [2.45, 2.75) is 12.5 Å². The van der Waals surface area contributed by atoms with Crippen LogP contribution in [0, 0.1) is 5.92 Å². The third kappa shape index (κ3) is 3.42. The number of likely N-dealkylation sites (N-methyl/N-ethyl adjacent to an activating group) is 1. The first kappa shape index (κ1) is 12.3. The van der Waals surface area contributed by atoms with Crippen molar-refractivity contribution in [1.29, 1.82) is 0 Å². The maximum atomic E-state index is 5.20. The van der Waals surface area contributed by atoms with Gasteiger partial charge < -0.3 is 19.9 Å². The molecule has 2 aliphatic heterocycles. The standard InChI is InChI=1S/C12H25N3O/c1-14-3-5-15(6-4-14)9-11-7-12(10-16-2)13-8-11/h11-13H,3-10H2,1-2H3. The van der Waals surface area contributed by atoms with Crippen LogP contribution in [0.4, 0.5) is 0 Å². The summed E-state index contributed by atoms with van der Waals surface area (Å²) in [6.07, 6.45) is 1.28. The molecule has 0 aromatic rings. The lowest BCUT2D eigenvalue weighted by Crippen LogP contribution is -2.46. The van der Waals surface area contributed by atoms with Crippen molar-refractivity contribution in [3.63, 3.8) is 0 Å². The minimum absolute atomic E-state index is 0.586. The van der Waals surface area contributed by atoms with Gasteiger partial charge in [0.2, 0.25) is 0 Å². The van der Waals surface area contributed by atoms with Crippen molar-refractivity contribution < 1.29 is 4.74 Å². The van der Waals surface area contributed by atoms with E-state index in [-0.39, 0.29) is 0 Å². The highest BCUT2D eigenvalue weighted by Gasteiger charge is 2.26. The van der Waals surface area contributed by atoms with Crippen LogP contribution in [0.3, 0.4) is 0 Å². The Kier molecular flexibility index (Phi) is 4.58. The molecule has 4 heteroatoms. The van der Waals surface area contributed by atoms with E-state index in [1.165, 1.54) is 45.7 Å². The van der Waals surface area contributed by atoms with Gasteiger partial charge in [-0.3, -0.25) is 0 Å². The van der Waals surface area contributed by atoms with E-state index in [4.69, 9.17) is 4.74 Å². The van der Waals surface area contributed by atoms with Gasteiger partial charge in [0.1, 0.15) is 0 Å². The van der Waals surface area contributed by atoms with E-state index in [0.29, 0.717) is 6.04 Å². The van der Waals surface area contributed by atoms with E-state index in [1.54, 1.807) is 7.11 Å². The molecule has 2 heterocycles.